The van der Waals surface area contributed by atoms with Gasteiger partial charge in [0.15, 0.2) is 0 Å². The van der Waals surface area contributed by atoms with Crippen LogP contribution in [0.4, 0.5) is 0 Å². The van der Waals surface area contributed by atoms with Crippen molar-refractivity contribution in [2.24, 2.45) is 5.92 Å². The average Bonchev–Trinajstić information content (AvgIpc) is 3.19. The van der Waals surface area contributed by atoms with Crippen molar-refractivity contribution in [3.8, 4) is 16.3 Å². The molecule has 1 N–H and O–H groups in total. The Morgan fingerprint density at radius 3 is 2.32 bits per heavy atom. The Morgan fingerprint density at radius 2 is 1.76 bits per heavy atom. The third-order valence-corrected chi connectivity index (χ3v) is 5.01. The topological polar surface area (TPSA) is 46.0 Å². The van der Waals surface area contributed by atoms with Crippen LogP contribution in [-0.2, 0) is 6.42 Å². The van der Waals surface area contributed by atoms with Crippen molar-refractivity contribution in [3.63, 3.8) is 0 Å². The number of hydrogen-bond acceptors (Lipinski definition) is 4. The normalized spacial score (nSPS) is 11.9. The summed E-state index contributed by atoms with van der Waals surface area (Å²) in [6, 6.07) is 16.8. The van der Waals surface area contributed by atoms with Gasteiger partial charge in [0, 0.05) is 29.3 Å². The zero-order chi connectivity index (χ0) is 17.5. The first kappa shape index (κ1) is 17.4. The first-order valence-electron chi connectivity index (χ1n) is 8.49. The van der Waals surface area contributed by atoms with Crippen LogP contribution < -0.4 is 4.74 Å². The maximum atomic E-state index is 7.34. The zero-order valence-corrected chi connectivity index (χ0v) is 15.1. The molecule has 128 valence electrons. The predicted molar refractivity (Wildman–Crippen MR) is 105 cm³/mol. The summed E-state index contributed by atoms with van der Waals surface area (Å²) < 4.78 is 5.76. The highest BCUT2D eigenvalue weighted by molar-refractivity contribution is 7.13. The molecule has 2 aromatic carbocycles. The third-order valence-electron chi connectivity index (χ3n) is 4.19. The van der Waals surface area contributed by atoms with Crippen LogP contribution in [0.25, 0.3) is 10.6 Å². The van der Waals surface area contributed by atoms with Crippen LogP contribution in [0.5, 0.6) is 5.75 Å². The number of rotatable bonds is 8. The highest BCUT2D eigenvalue weighted by atomic mass is 32.1. The minimum absolute atomic E-state index is 0.191. The Balaban J connectivity index is 1.58. The van der Waals surface area contributed by atoms with E-state index in [0.29, 0.717) is 6.61 Å². The summed E-state index contributed by atoms with van der Waals surface area (Å²) in [7, 11) is 0. The fraction of sp³-hybridized carbons (Fsp3) is 0.238. The largest absolute Gasteiger partial charge is 0.493 e. The molecule has 0 aliphatic carbocycles. The molecule has 0 aliphatic rings. The van der Waals surface area contributed by atoms with Gasteiger partial charge in [-0.3, -0.25) is 0 Å². The molecule has 0 spiro atoms. The molecule has 3 aromatic rings. The fourth-order valence-corrected chi connectivity index (χ4v) is 3.20. The van der Waals surface area contributed by atoms with Gasteiger partial charge in [-0.25, -0.2) is 4.98 Å². The van der Waals surface area contributed by atoms with Crippen LogP contribution in [-0.4, -0.2) is 17.8 Å². The van der Waals surface area contributed by atoms with Crippen molar-refractivity contribution in [3.05, 3.63) is 71.2 Å². The van der Waals surface area contributed by atoms with Crippen LogP contribution in [0.2, 0.25) is 0 Å². The summed E-state index contributed by atoms with van der Waals surface area (Å²) in [6.07, 6.45) is 5.13. The molecule has 0 unspecified atom stereocenters. The first-order valence-corrected chi connectivity index (χ1v) is 9.37. The van der Waals surface area contributed by atoms with Crippen molar-refractivity contribution in [2.75, 3.05) is 6.61 Å². The zero-order valence-electron chi connectivity index (χ0n) is 14.3. The standard InChI is InChI=1S/C21H22N2OS/c1-2-16(14-22)15-24-20-9-5-18(6-10-20)13-17-3-7-19(8-4-17)21-23-11-12-25-21/h3-12,14,16,22H,2,13,15H2,1H3/t16-/m1/s1. The molecule has 0 bridgehead atoms. The van der Waals surface area contributed by atoms with Crippen LogP contribution in [0.15, 0.2) is 60.1 Å². The number of aromatic nitrogens is 1. The number of benzene rings is 2. The fourth-order valence-electron chi connectivity index (χ4n) is 2.56. The van der Waals surface area contributed by atoms with Gasteiger partial charge in [0.2, 0.25) is 0 Å². The van der Waals surface area contributed by atoms with Gasteiger partial charge in [-0.15, -0.1) is 11.3 Å². The average molecular weight is 350 g/mol. The molecule has 4 heteroatoms. The van der Waals surface area contributed by atoms with Gasteiger partial charge >= 0.3 is 0 Å². The van der Waals surface area contributed by atoms with E-state index in [-0.39, 0.29) is 5.92 Å². The number of nitrogens with zero attached hydrogens (tertiary/aromatic N) is 1. The van der Waals surface area contributed by atoms with Crippen molar-refractivity contribution < 1.29 is 4.74 Å². The van der Waals surface area contributed by atoms with Gasteiger partial charge < -0.3 is 10.1 Å². The quantitative estimate of drug-likeness (QED) is 0.549. The Hall–Kier alpha value is -2.46. The van der Waals surface area contributed by atoms with E-state index < -0.39 is 0 Å². The van der Waals surface area contributed by atoms with E-state index in [1.807, 2.05) is 23.7 Å². The van der Waals surface area contributed by atoms with Gasteiger partial charge in [0.25, 0.3) is 0 Å². The number of hydrogen-bond donors (Lipinski definition) is 1. The lowest BCUT2D eigenvalue weighted by molar-refractivity contribution is 0.283. The van der Waals surface area contributed by atoms with Gasteiger partial charge in [0.1, 0.15) is 10.8 Å². The second-order valence-electron chi connectivity index (χ2n) is 6.00. The minimum atomic E-state index is 0.191. The molecule has 25 heavy (non-hydrogen) atoms. The molecule has 3 rings (SSSR count). The number of nitrogens with one attached hydrogen (secondary N) is 1. The Morgan fingerprint density at radius 1 is 1.08 bits per heavy atom. The summed E-state index contributed by atoms with van der Waals surface area (Å²) in [6.45, 7) is 2.64. The Labute approximate surface area is 152 Å². The predicted octanol–water partition coefficient (Wildman–Crippen LogP) is 5.46. The van der Waals surface area contributed by atoms with Gasteiger partial charge in [-0.1, -0.05) is 43.3 Å². The molecular weight excluding hydrogens is 328 g/mol. The molecule has 0 radical (unpaired) electrons. The first-order chi connectivity index (χ1) is 12.3. The van der Waals surface area contributed by atoms with E-state index in [1.54, 1.807) is 11.3 Å². The Bertz CT molecular complexity index is 780. The van der Waals surface area contributed by atoms with Crippen LogP contribution in [0.1, 0.15) is 24.5 Å². The number of thiazole rings is 1. The van der Waals surface area contributed by atoms with E-state index in [2.05, 4.69) is 48.3 Å². The SMILES string of the molecule is CC[C@H](C=N)COc1ccc(Cc2ccc(-c3nccs3)cc2)cc1. The molecule has 1 atom stereocenters. The summed E-state index contributed by atoms with van der Waals surface area (Å²) in [4.78, 5) is 4.34. The second kappa shape index (κ2) is 8.58. The molecule has 0 aliphatic heterocycles. The summed E-state index contributed by atoms with van der Waals surface area (Å²) in [5, 5.41) is 10.4. The molecule has 0 saturated carbocycles. The molecule has 0 amide bonds. The van der Waals surface area contributed by atoms with Crippen LogP contribution in [0.3, 0.4) is 0 Å². The third kappa shape index (κ3) is 4.77. The van der Waals surface area contributed by atoms with E-state index in [9.17, 15) is 0 Å². The van der Waals surface area contributed by atoms with E-state index >= 15 is 0 Å². The number of ether oxygens (including phenoxy) is 1. The highest BCUT2D eigenvalue weighted by Gasteiger charge is 2.04. The lowest BCUT2D eigenvalue weighted by Gasteiger charge is -2.11. The van der Waals surface area contributed by atoms with E-state index in [4.69, 9.17) is 10.1 Å². The highest BCUT2D eigenvalue weighted by Crippen LogP contribution is 2.23. The smallest absolute Gasteiger partial charge is 0.123 e. The summed E-state index contributed by atoms with van der Waals surface area (Å²) >= 11 is 1.66. The lowest BCUT2D eigenvalue weighted by atomic mass is 10.0. The van der Waals surface area contributed by atoms with Gasteiger partial charge in [0.05, 0.1) is 6.61 Å². The van der Waals surface area contributed by atoms with Crippen molar-refractivity contribution in [1.29, 1.82) is 5.41 Å². The molecule has 1 aromatic heterocycles. The van der Waals surface area contributed by atoms with Crippen LogP contribution >= 0.6 is 11.3 Å². The molecular formula is C21H22N2OS. The van der Waals surface area contributed by atoms with Crippen LogP contribution in [0, 0.1) is 11.3 Å². The van der Waals surface area contributed by atoms with Crippen molar-refractivity contribution >= 4 is 17.6 Å². The lowest BCUT2D eigenvalue weighted by Crippen LogP contribution is -2.11. The Kier molecular flexibility index (Phi) is 5.96. The van der Waals surface area contributed by atoms with Crippen molar-refractivity contribution in [2.45, 2.75) is 19.8 Å². The van der Waals surface area contributed by atoms with Gasteiger partial charge in [-0.05, 0) is 36.1 Å². The molecule has 3 nitrogen and oxygen atoms in total. The molecule has 1 heterocycles. The minimum Gasteiger partial charge on any atom is -0.493 e. The van der Waals surface area contributed by atoms with E-state index in [0.717, 1.165) is 23.6 Å². The maximum Gasteiger partial charge on any atom is 0.123 e. The molecule has 0 fully saturated rings. The summed E-state index contributed by atoms with van der Waals surface area (Å²) in [5.74, 6) is 1.05. The summed E-state index contributed by atoms with van der Waals surface area (Å²) in [5.41, 5.74) is 3.71. The molecule has 0 saturated heterocycles. The maximum absolute atomic E-state index is 7.34. The van der Waals surface area contributed by atoms with Gasteiger partial charge in [-0.2, -0.15) is 0 Å². The van der Waals surface area contributed by atoms with Crippen molar-refractivity contribution in [1.82, 2.24) is 4.98 Å². The second-order valence-corrected chi connectivity index (χ2v) is 6.90. The van der Waals surface area contributed by atoms with E-state index in [1.165, 1.54) is 22.9 Å². The monoisotopic (exact) mass is 350 g/mol.